The quantitative estimate of drug-likeness (QED) is 0.437. The van der Waals surface area contributed by atoms with Crippen LogP contribution in [0.15, 0.2) is 85.2 Å². The Morgan fingerprint density at radius 2 is 1.07 bits per heavy atom. The zero-order chi connectivity index (χ0) is 18.6. The molecule has 3 nitrogen and oxygen atoms in total. The number of nitrogens with zero attached hydrogens (tertiary/aromatic N) is 2. The molecule has 0 fully saturated rings. The van der Waals surface area contributed by atoms with Crippen molar-refractivity contribution in [2.45, 2.75) is 13.8 Å². The highest BCUT2D eigenvalue weighted by atomic mass is 16.5. The van der Waals surface area contributed by atoms with Crippen molar-refractivity contribution in [2.24, 2.45) is 0 Å². The largest absolute Gasteiger partial charge is 0.457 e. The van der Waals surface area contributed by atoms with Gasteiger partial charge in [0.25, 0.3) is 0 Å². The molecule has 132 valence electrons. The predicted octanol–water partition coefficient (Wildman–Crippen LogP) is 6.22. The zero-order valence-corrected chi connectivity index (χ0v) is 15.4. The van der Waals surface area contributed by atoms with Crippen LogP contribution in [0, 0.1) is 13.8 Å². The minimum atomic E-state index is 0.799. The SMILES string of the molecule is Cc1cc(Oc2cc(C)cc(-c3ccccn3)c2)cc(-c2ccccn2)c1. The highest BCUT2D eigenvalue weighted by molar-refractivity contribution is 5.64. The number of hydrogen-bond donors (Lipinski definition) is 0. The summed E-state index contributed by atoms with van der Waals surface area (Å²) in [6.45, 7) is 4.13. The lowest BCUT2D eigenvalue weighted by atomic mass is 10.1. The van der Waals surface area contributed by atoms with Gasteiger partial charge in [-0.3, -0.25) is 9.97 Å². The van der Waals surface area contributed by atoms with Crippen LogP contribution >= 0.6 is 0 Å². The molecule has 0 saturated carbocycles. The van der Waals surface area contributed by atoms with Crippen LogP contribution in [0.4, 0.5) is 0 Å². The molecule has 2 aromatic heterocycles. The van der Waals surface area contributed by atoms with E-state index in [0.29, 0.717) is 0 Å². The van der Waals surface area contributed by atoms with Gasteiger partial charge in [0.05, 0.1) is 11.4 Å². The summed E-state index contributed by atoms with van der Waals surface area (Å²) in [5.41, 5.74) is 6.22. The summed E-state index contributed by atoms with van der Waals surface area (Å²) in [5.74, 6) is 1.60. The molecule has 0 radical (unpaired) electrons. The summed E-state index contributed by atoms with van der Waals surface area (Å²) >= 11 is 0. The Labute approximate surface area is 159 Å². The van der Waals surface area contributed by atoms with Crippen molar-refractivity contribution in [3.63, 3.8) is 0 Å². The fourth-order valence-electron chi connectivity index (χ4n) is 3.11. The van der Waals surface area contributed by atoms with E-state index in [9.17, 15) is 0 Å². The van der Waals surface area contributed by atoms with E-state index < -0.39 is 0 Å². The highest BCUT2D eigenvalue weighted by Crippen LogP contribution is 2.31. The first-order valence-corrected chi connectivity index (χ1v) is 8.91. The van der Waals surface area contributed by atoms with Crippen molar-refractivity contribution >= 4 is 0 Å². The molecular weight excluding hydrogens is 332 g/mol. The van der Waals surface area contributed by atoms with Gasteiger partial charge in [-0.1, -0.05) is 12.1 Å². The van der Waals surface area contributed by atoms with Crippen LogP contribution in [0.1, 0.15) is 11.1 Å². The molecule has 0 aliphatic carbocycles. The summed E-state index contributed by atoms with van der Waals surface area (Å²) in [6.07, 6.45) is 3.61. The van der Waals surface area contributed by atoms with Gasteiger partial charge in [0.2, 0.25) is 0 Å². The molecule has 0 aliphatic heterocycles. The van der Waals surface area contributed by atoms with Crippen LogP contribution < -0.4 is 4.74 Å². The van der Waals surface area contributed by atoms with Crippen LogP contribution in [-0.2, 0) is 0 Å². The van der Waals surface area contributed by atoms with Gasteiger partial charge in [0.15, 0.2) is 0 Å². The van der Waals surface area contributed by atoms with Crippen molar-refractivity contribution in [1.82, 2.24) is 9.97 Å². The average molecular weight is 352 g/mol. The number of pyridine rings is 2. The lowest BCUT2D eigenvalue weighted by Gasteiger charge is -2.11. The van der Waals surface area contributed by atoms with Gasteiger partial charge in [-0.2, -0.15) is 0 Å². The summed E-state index contributed by atoms with van der Waals surface area (Å²) in [4.78, 5) is 8.88. The molecule has 27 heavy (non-hydrogen) atoms. The molecule has 0 bridgehead atoms. The van der Waals surface area contributed by atoms with Gasteiger partial charge < -0.3 is 4.74 Å². The van der Waals surface area contributed by atoms with Crippen LogP contribution in [0.5, 0.6) is 11.5 Å². The normalized spacial score (nSPS) is 10.6. The molecule has 0 amide bonds. The summed E-state index contributed by atoms with van der Waals surface area (Å²) in [5, 5.41) is 0. The highest BCUT2D eigenvalue weighted by Gasteiger charge is 2.07. The second-order valence-electron chi connectivity index (χ2n) is 6.60. The van der Waals surface area contributed by atoms with Crippen molar-refractivity contribution in [3.8, 4) is 34.0 Å². The van der Waals surface area contributed by atoms with Gasteiger partial charge in [-0.15, -0.1) is 0 Å². The van der Waals surface area contributed by atoms with Gasteiger partial charge in [-0.25, -0.2) is 0 Å². The maximum absolute atomic E-state index is 6.21. The molecule has 4 aromatic rings. The van der Waals surface area contributed by atoms with E-state index in [1.807, 2.05) is 60.7 Å². The minimum Gasteiger partial charge on any atom is -0.457 e. The molecule has 0 saturated heterocycles. The number of benzene rings is 2. The zero-order valence-electron chi connectivity index (χ0n) is 15.4. The monoisotopic (exact) mass is 352 g/mol. The minimum absolute atomic E-state index is 0.799. The molecule has 2 heterocycles. The number of rotatable bonds is 4. The molecule has 3 heteroatoms. The van der Waals surface area contributed by atoms with E-state index in [-0.39, 0.29) is 0 Å². The Kier molecular flexibility index (Phi) is 4.67. The summed E-state index contributed by atoms with van der Waals surface area (Å²) in [7, 11) is 0. The van der Waals surface area contributed by atoms with Crippen molar-refractivity contribution < 1.29 is 4.74 Å². The van der Waals surface area contributed by atoms with Crippen LogP contribution in [-0.4, -0.2) is 9.97 Å². The Morgan fingerprint density at radius 1 is 0.593 bits per heavy atom. The Balaban J connectivity index is 1.69. The van der Waals surface area contributed by atoms with Gasteiger partial charge in [-0.05, 0) is 85.6 Å². The van der Waals surface area contributed by atoms with E-state index in [0.717, 1.165) is 45.1 Å². The van der Waals surface area contributed by atoms with E-state index in [4.69, 9.17) is 4.74 Å². The predicted molar refractivity (Wildman–Crippen MR) is 109 cm³/mol. The van der Waals surface area contributed by atoms with Crippen LogP contribution in [0.2, 0.25) is 0 Å². The van der Waals surface area contributed by atoms with E-state index >= 15 is 0 Å². The molecule has 0 spiro atoms. The maximum atomic E-state index is 6.21. The van der Waals surface area contributed by atoms with E-state index in [2.05, 4.69) is 35.9 Å². The number of hydrogen-bond acceptors (Lipinski definition) is 3. The third kappa shape index (κ3) is 4.04. The van der Waals surface area contributed by atoms with Gasteiger partial charge in [0.1, 0.15) is 11.5 Å². The fraction of sp³-hybridized carbons (Fsp3) is 0.0833. The third-order valence-electron chi connectivity index (χ3n) is 4.26. The van der Waals surface area contributed by atoms with Gasteiger partial charge >= 0.3 is 0 Å². The Bertz CT molecular complexity index is 973. The molecule has 2 aromatic carbocycles. The standard InChI is InChI=1S/C24H20N2O/c1-17-11-19(23-7-3-5-9-25-23)15-21(13-17)27-22-14-18(2)12-20(16-22)24-8-4-6-10-26-24/h3-16H,1-2H3. The smallest absolute Gasteiger partial charge is 0.128 e. The molecule has 0 aliphatic rings. The van der Waals surface area contributed by atoms with Crippen molar-refractivity contribution in [3.05, 3.63) is 96.3 Å². The van der Waals surface area contributed by atoms with E-state index in [1.54, 1.807) is 12.4 Å². The van der Waals surface area contributed by atoms with Crippen molar-refractivity contribution in [2.75, 3.05) is 0 Å². The first kappa shape index (κ1) is 17.0. The summed E-state index contributed by atoms with van der Waals surface area (Å²) in [6, 6.07) is 24.2. The fourth-order valence-corrected chi connectivity index (χ4v) is 3.11. The first-order valence-electron chi connectivity index (χ1n) is 8.91. The maximum Gasteiger partial charge on any atom is 0.128 e. The Morgan fingerprint density at radius 3 is 1.48 bits per heavy atom. The second-order valence-corrected chi connectivity index (χ2v) is 6.60. The Hall–Kier alpha value is -3.46. The molecule has 4 rings (SSSR count). The summed E-state index contributed by atoms with van der Waals surface area (Å²) < 4.78 is 6.21. The lowest BCUT2D eigenvalue weighted by Crippen LogP contribution is -1.91. The van der Waals surface area contributed by atoms with Crippen LogP contribution in [0.3, 0.4) is 0 Å². The lowest BCUT2D eigenvalue weighted by molar-refractivity contribution is 0.482. The first-order chi connectivity index (χ1) is 13.2. The molecular formula is C24H20N2O. The van der Waals surface area contributed by atoms with Crippen LogP contribution in [0.25, 0.3) is 22.5 Å². The molecule has 0 unspecified atom stereocenters. The van der Waals surface area contributed by atoms with Crippen molar-refractivity contribution in [1.29, 1.82) is 0 Å². The average Bonchev–Trinajstić information content (AvgIpc) is 2.68. The number of aryl methyl sites for hydroxylation is 2. The molecule has 0 atom stereocenters. The third-order valence-corrected chi connectivity index (χ3v) is 4.26. The number of ether oxygens (including phenoxy) is 1. The number of aromatic nitrogens is 2. The molecule has 0 N–H and O–H groups in total. The second kappa shape index (κ2) is 7.42. The van der Waals surface area contributed by atoms with Gasteiger partial charge in [0, 0.05) is 23.5 Å². The topological polar surface area (TPSA) is 35.0 Å². The van der Waals surface area contributed by atoms with E-state index in [1.165, 1.54) is 0 Å².